The molecule has 4 N–H and O–H groups in total. The third-order valence-electron chi connectivity index (χ3n) is 6.51. The van der Waals surface area contributed by atoms with Crippen LogP contribution in [-0.2, 0) is 0 Å². The molecule has 6 atom stereocenters. The smallest absolute Gasteiger partial charge is 0.154 e. The molecule has 2 unspecified atom stereocenters. The Hall–Kier alpha value is -1.04. The number of hydrogen-bond acceptors (Lipinski definition) is 2. The van der Waals surface area contributed by atoms with E-state index in [1.165, 1.54) is 9.80 Å². The molecular weight excluding hydrogens is 324 g/mol. The minimum absolute atomic E-state index is 0.149. The highest BCUT2D eigenvalue weighted by Crippen LogP contribution is 2.10. The van der Waals surface area contributed by atoms with Gasteiger partial charge < -0.3 is 20.0 Å². The molecule has 0 spiro atoms. The molecule has 2 heterocycles. The topological polar surface area (TPSA) is 49.3 Å². The number of nitrogens with one attached hydrogen (secondary N) is 2. The van der Waals surface area contributed by atoms with Gasteiger partial charge in [0, 0.05) is 52.4 Å². The summed E-state index contributed by atoms with van der Waals surface area (Å²) in [5, 5.41) is 19.9. The Morgan fingerprint density at radius 3 is 1.38 bits per heavy atom. The second-order valence-electron chi connectivity index (χ2n) is 9.53. The molecule has 2 aliphatic heterocycles. The Bertz CT molecular complexity index is 551. The van der Waals surface area contributed by atoms with Gasteiger partial charge in [-0.3, -0.25) is 0 Å². The van der Waals surface area contributed by atoms with Crippen LogP contribution in [0.1, 0.15) is 54.4 Å². The fourth-order valence-corrected chi connectivity index (χ4v) is 4.15. The van der Waals surface area contributed by atoms with Crippen LogP contribution >= 0.6 is 0 Å². The third-order valence-corrected chi connectivity index (χ3v) is 6.51. The van der Waals surface area contributed by atoms with Gasteiger partial charge >= 0.3 is 0 Å². The van der Waals surface area contributed by atoms with Crippen molar-refractivity contribution in [3.63, 3.8) is 0 Å². The zero-order chi connectivity index (χ0) is 19.5. The van der Waals surface area contributed by atoms with Crippen LogP contribution in [-0.4, -0.2) is 59.7 Å². The van der Waals surface area contributed by atoms with Gasteiger partial charge in [0.2, 0.25) is 0 Å². The molecule has 0 aliphatic carbocycles. The number of quaternary nitrogens is 2. The summed E-state index contributed by atoms with van der Waals surface area (Å²) in [7, 11) is 0. The average Bonchev–Trinajstić information content (AvgIpc) is 2.56. The van der Waals surface area contributed by atoms with Crippen LogP contribution in [0, 0.1) is 35.5 Å². The summed E-state index contributed by atoms with van der Waals surface area (Å²) in [6, 6.07) is 0. The number of aliphatic hydroxyl groups is 2. The number of piperidine rings is 2. The van der Waals surface area contributed by atoms with E-state index < -0.39 is 0 Å². The van der Waals surface area contributed by atoms with E-state index in [0.717, 1.165) is 39.0 Å². The van der Waals surface area contributed by atoms with Crippen LogP contribution in [0.5, 0.6) is 0 Å². The first-order valence-electron chi connectivity index (χ1n) is 10.1. The van der Waals surface area contributed by atoms with Crippen LogP contribution in [0.15, 0.2) is 0 Å². The van der Waals surface area contributed by atoms with Crippen molar-refractivity contribution in [1.29, 1.82) is 0 Å². The fraction of sp³-hybridized carbons (Fsp3) is 0.818. The van der Waals surface area contributed by atoms with Crippen molar-refractivity contribution < 1.29 is 20.0 Å². The normalized spacial score (nSPS) is 35.7. The molecule has 4 nitrogen and oxygen atoms in total. The first-order chi connectivity index (χ1) is 12.0. The standard InChI is InChI=1S/C22H36N2O2/c1-17-15-23(13-9-19(17)25)21(3,4)11-7-8-12-22(5,6)24-14-10-20(26)18(2)16-24/h17-20,25-26H,9-10,13-16H2,1-6H3/p+2/t17-,18+,19-,20-/m0/s1. The first kappa shape index (κ1) is 21.3. The molecule has 0 aromatic carbocycles. The summed E-state index contributed by atoms with van der Waals surface area (Å²) in [4.78, 5) is 2.88. The van der Waals surface area contributed by atoms with Gasteiger partial charge in [-0.05, 0) is 23.7 Å². The molecule has 0 bridgehead atoms. The molecule has 2 fully saturated rings. The van der Waals surface area contributed by atoms with E-state index in [1.54, 1.807) is 0 Å². The average molecular weight is 363 g/mol. The van der Waals surface area contributed by atoms with Gasteiger partial charge in [0.1, 0.15) is 0 Å². The van der Waals surface area contributed by atoms with E-state index >= 15 is 0 Å². The molecule has 26 heavy (non-hydrogen) atoms. The van der Waals surface area contributed by atoms with Gasteiger partial charge in [-0.2, -0.15) is 0 Å². The largest absolute Gasteiger partial charge is 0.392 e. The monoisotopic (exact) mass is 362 g/mol. The number of hydrogen-bond donors (Lipinski definition) is 4. The van der Waals surface area contributed by atoms with E-state index in [9.17, 15) is 10.2 Å². The van der Waals surface area contributed by atoms with Gasteiger partial charge in [0.05, 0.1) is 38.4 Å². The predicted octanol–water partition coefficient (Wildman–Crippen LogP) is -0.878. The van der Waals surface area contributed by atoms with Crippen molar-refractivity contribution in [2.75, 3.05) is 26.2 Å². The first-order valence-corrected chi connectivity index (χ1v) is 10.1. The maximum atomic E-state index is 9.93. The molecule has 146 valence electrons. The van der Waals surface area contributed by atoms with Crippen molar-refractivity contribution in [3.8, 4) is 23.7 Å². The highest BCUT2D eigenvalue weighted by Gasteiger charge is 2.37. The van der Waals surface area contributed by atoms with Crippen molar-refractivity contribution in [2.24, 2.45) is 11.8 Å². The lowest BCUT2D eigenvalue weighted by molar-refractivity contribution is -0.948. The third kappa shape index (κ3) is 5.24. The van der Waals surface area contributed by atoms with E-state index in [0.29, 0.717) is 11.8 Å². The van der Waals surface area contributed by atoms with Crippen LogP contribution in [0.25, 0.3) is 0 Å². The quantitative estimate of drug-likeness (QED) is 0.483. The molecule has 4 heteroatoms. The van der Waals surface area contributed by atoms with Crippen molar-refractivity contribution in [1.82, 2.24) is 0 Å². The Labute approximate surface area is 159 Å². The molecular formula is C22H38N2O2+2. The molecule has 0 saturated carbocycles. The molecule has 2 rings (SSSR count). The van der Waals surface area contributed by atoms with Gasteiger partial charge in [0.15, 0.2) is 11.1 Å². The number of likely N-dealkylation sites (tertiary alicyclic amines) is 2. The second-order valence-corrected chi connectivity index (χ2v) is 9.53. The van der Waals surface area contributed by atoms with Crippen molar-refractivity contribution >= 4 is 0 Å². The lowest BCUT2D eigenvalue weighted by Crippen LogP contribution is -3.21. The lowest BCUT2D eigenvalue weighted by atomic mass is 9.91. The second kappa shape index (κ2) is 8.32. The van der Waals surface area contributed by atoms with Crippen LogP contribution in [0.4, 0.5) is 0 Å². The van der Waals surface area contributed by atoms with Gasteiger partial charge in [-0.15, -0.1) is 0 Å². The van der Waals surface area contributed by atoms with Crippen molar-refractivity contribution in [2.45, 2.75) is 77.7 Å². The molecule has 0 aromatic heterocycles. The van der Waals surface area contributed by atoms with Gasteiger partial charge in [-0.1, -0.05) is 13.8 Å². The summed E-state index contributed by atoms with van der Waals surface area (Å²) in [5.74, 6) is 13.6. The Kier molecular flexibility index (Phi) is 6.81. The van der Waals surface area contributed by atoms with E-state index in [1.807, 2.05) is 0 Å². The van der Waals surface area contributed by atoms with E-state index in [2.05, 4.69) is 65.2 Å². The van der Waals surface area contributed by atoms with E-state index in [4.69, 9.17) is 0 Å². The number of aliphatic hydroxyl groups excluding tert-OH is 2. The predicted molar refractivity (Wildman–Crippen MR) is 105 cm³/mol. The maximum absolute atomic E-state index is 9.93. The minimum Gasteiger partial charge on any atom is -0.392 e. The molecule has 2 aliphatic rings. The lowest BCUT2D eigenvalue weighted by Gasteiger charge is -2.38. The summed E-state index contributed by atoms with van der Waals surface area (Å²) >= 11 is 0. The number of rotatable bonds is 2. The minimum atomic E-state index is -0.170. The summed E-state index contributed by atoms with van der Waals surface area (Å²) in [6.45, 7) is 16.8. The zero-order valence-electron chi connectivity index (χ0n) is 17.4. The Balaban J connectivity index is 2.00. The summed E-state index contributed by atoms with van der Waals surface area (Å²) < 4.78 is 0. The summed E-state index contributed by atoms with van der Waals surface area (Å²) in [5.41, 5.74) is -0.298. The van der Waals surface area contributed by atoms with Gasteiger partial charge in [-0.25, -0.2) is 0 Å². The van der Waals surface area contributed by atoms with E-state index in [-0.39, 0.29) is 23.3 Å². The Morgan fingerprint density at radius 1 is 0.731 bits per heavy atom. The van der Waals surface area contributed by atoms with Crippen LogP contribution < -0.4 is 9.80 Å². The Morgan fingerprint density at radius 2 is 1.08 bits per heavy atom. The zero-order valence-corrected chi connectivity index (χ0v) is 17.4. The molecule has 0 aromatic rings. The fourth-order valence-electron chi connectivity index (χ4n) is 4.15. The van der Waals surface area contributed by atoms with Crippen LogP contribution in [0.2, 0.25) is 0 Å². The maximum Gasteiger partial charge on any atom is 0.154 e. The highest BCUT2D eigenvalue weighted by molar-refractivity contribution is 5.31. The SMILES string of the molecule is C[C@@H]1C[NH+](C(C)(C)C#CC#CC(C)(C)[NH+]2CC[C@H](O)[C@@H](C)C2)CC[C@@H]1O. The van der Waals surface area contributed by atoms with Gasteiger partial charge in [0.25, 0.3) is 0 Å². The van der Waals surface area contributed by atoms with Crippen LogP contribution in [0.3, 0.4) is 0 Å². The summed E-state index contributed by atoms with van der Waals surface area (Å²) in [6.07, 6.45) is 1.36. The molecule has 2 saturated heterocycles. The molecule has 0 amide bonds. The highest BCUT2D eigenvalue weighted by atomic mass is 16.3. The van der Waals surface area contributed by atoms with Crippen molar-refractivity contribution in [3.05, 3.63) is 0 Å². The molecule has 0 radical (unpaired) electrons.